The minimum atomic E-state index is -0.316. The molecule has 2 nitrogen and oxygen atoms in total. The summed E-state index contributed by atoms with van der Waals surface area (Å²) in [5.74, 6) is 1.22. The first-order valence-electron chi connectivity index (χ1n) is 7.48. The second kappa shape index (κ2) is 8.82. The largest absolute Gasteiger partial charge is 0.300 e. The average Bonchev–Trinajstić information content (AvgIpc) is 2.43. The molecule has 18 heavy (non-hydrogen) atoms. The van der Waals surface area contributed by atoms with Crippen molar-refractivity contribution in [2.45, 2.75) is 76.0 Å². The molecule has 0 heterocycles. The summed E-state index contributed by atoms with van der Waals surface area (Å²) in [6.07, 6.45) is 10.3. The fourth-order valence-electron chi connectivity index (χ4n) is 2.49. The lowest BCUT2D eigenvalue weighted by Crippen LogP contribution is -2.41. The fraction of sp³-hybridized carbons (Fsp3) is 0.933. The molecule has 1 saturated carbocycles. The minimum absolute atomic E-state index is 0.316. The summed E-state index contributed by atoms with van der Waals surface area (Å²) in [6.45, 7) is 5.12. The monoisotopic (exact) mass is 268 g/mol. The Bertz CT molecular complexity index is 256. The van der Waals surface area contributed by atoms with Gasteiger partial charge in [-0.2, -0.15) is 17.0 Å². The molecule has 0 radical (unpaired) electrons. The lowest BCUT2D eigenvalue weighted by atomic mass is 9.98. The highest BCUT2D eigenvalue weighted by molar-refractivity contribution is 7.99. The van der Waals surface area contributed by atoms with Gasteiger partial charge < -0.3 is 0 Å². The minimum Gasteiger partial charge on any atom is -0.300 e. The Kier molecular flexibility index (Phi) is 7.77. The maximum atomic E-state index is 9.24. The zero-order valence-corrected chi connectivity index (χ0v) is 12.8. The van der Waals surface area contributed by atoms with Crippen molar-refractivity contribution in [1.29, 1.82) is 5.26 Å². The van der Waals surface area contributed by atoms with Crippen LogP contribution in [-0.2, 0) is 0 Å². The van der Waals surface area contributed by atoms with Crippen LogP contribution < -0.4 is 5.32 Å². The van der Waals surface area contributed by atoms with Crippen LogP contribution in [0.5, 0.6) is 0 Å². The molecule has 1 rings (SSSR count). The van der Waals surface area contributed by atoms with Gasteiger partial charge in [0.25, 0.3) is 0 Å². The number of nitrogens with one attached hydrogen (secondary N) is 1. The highest BCUT2D eigenvalue weighted by Gasteiger charge is 2.22. The van der Waals surface area contributed by atoms with Crippen LogP contribution in [0.15, 0.2) is 0 Å². The number of nitriles is 1. The molecule has 1 aliphatic rings. The van der Waals surface area contributed by atoms with Crippen molar-refractivity contribution in [1.82, 2.24) is 5.32 Å². The van der Waals surface area contributed by atoms with Gasteiger partial charge in [0.05, 0.1) is 6.07 Å². The van der Waals surface area contributed by atoms with Crippen LogP contribution in [0.4, 0.5) is 0 Å². The van der Waals surface area contributed by atoms with E-state index in [1.54, 1.807) is 0 Å². The Labute approximate surface area is 117 Å². The Hall–Kier alpha value is -0.200. The quantitative estimate of drug-likeness (QED) is 0.673. The normalized spacial score (nSPS) is 20.3. The van der Waals surface area contributed by atoms with Gasteiger partial charge in [-0.1, -0.05) is 26.2 Å². The van der Waals surface area contributed by atoms with E-state index in [0.717, 1.165) is 31.1 Å². The van der Waals surface area contributed by atoms with E-state index in [1.165, 1.54) is 37.9 Å². The van der Waals surface area contributed by atoms with Crippen LogP contribution in [0.2, 0.25) is 0 Å². The van der Waals surface area contributed by atoms with Crippen LogP contribution >= 0.6 is 11.8 Å². The van der Waals surface area contributed by atoms with Crippen molar-refractivity contribution in [2.24, 2.45) is 0 Å². The van der Waals surface area contributed by atoms with E-state index in [9.17, 15) is 5.26 Å². The third-order valence-corrected chi connectivity index (χ3v) is 5.21. The van der Waals surface area contributed by atoms with Crippen molar-refractivity contribution in [2.75, 3.05) is 12.3 Å². The smallest absolute Gasteiger partial charge is 0.103 e. The first-order chi connectivity index (χ1) is 8.70. The molecule has 3 heteroatoms. The molecule has 1 unspecified atom stereocenters. The molecule has 1 N–H and O–H groups in total. The molecule has 0 bridgehead atoms. The van der Waals surface area contributed by atoms with Gasteiger partial charge in [0, 0.05) is 5.25 Å². The van der Waals surface area contributed by atoms with Crippen molar-refractivity contribution in [3.63, 3.8) is 0 Å². The SMILES string of the molecule is CCCNC(C)(C#N)CCCSC1CCCCC1. The van der Waals surface area contributed by atoms with E-state index in [1.807, 2.05) is 6.92 Å². The summed E-state index contributed by atoms with van der Waals surface area (Å²) >= 11 is 2.14. The molecule has 1 aliphatic carbocycles. The number of thioether (sulfide) groups is 1. The van der Waals surface area contributed by atoms with Gasteiger partial charge in [-0.05, 0) is 51.3 Å². The van der Waals surface area contributed by atoms with Crippen LogP contribution in [0.25, 0.3) is 0 Å². The van der Waals surface area contributed by atoms with Gasteiger partial charge in [-0.15, -0.1) is 0 Å². The van der Waals surface area contributed by atoms with Gasteiger partial charge in [0.2, 0.25) is 0 Å². The first kappa shape index (κ1) is 15.9. The van der Waals surface area contributed by atoms with E-state index >= 15 is 0 Å². The number of hydrogen-bond acceptors (Lipinski definition) is 3. The summed E-state index contributed by atoms with van der Waals surface area (Å²) in [4.78, 5) is 0. The van der Waals surface area contributed by atoms with Crippen molar-refractivity contribution in [3.05, 3.63) is 0 Å². The summed E-state index contributed by atoms with van der Waals surface area (Å²) < 4.78 is 0. The second-order valence-corrected chi connectivity index (χ2v) is 7.01. The Balaban J connectivity index is 2.13. The Morgan fingerprint density at radius 1 is 1.33 bits per heavy atom. The summed E-state index contributed by atoms with van der Waals surface area (Å²) in [7, 11) is 0. The lowest BCUT2D eigenvalue weighted by molar-refractivity contribution is 0.415. The fourth-order valence-corrected chi connectivity index (χ4v) is 3.80. The molecule has 104 valence electrons. The lowest BCUT2D eigenvalue weighted by Gasteiger charge is -2.24. The number of nitrogens with zero attached hydrogens (tertiary/aromatic N) is 1. The van der Waals surface area contributed by atoms with Gasteiger partial charge >= 0.3 is 0 Å². The predicted octanol–water partition coefficient (Wildman–Crippen LogP) is 4.11. The molecule has 0 aromatic heterocycles. The van der Waals surface area contributed by atoms with E-state index < -0.39 is 0 Å². The summed E-state index contributed by atoms with van der Waals surface area (Å²) in [6, 6.07) is 2.43. The molecule has 0 aromatic carbocycles. The summed E-state index contributed by atoms with van der Waals surface area (Å²) in [5.41, 5.74) is -0.316. The third kappa shape index (κ3) is 6.11. The summed E-state index contributed by atoms with van der Waals surface area (Å²) in [5, 5.41) is 13.5. The molecule has 0 amide bonds. The molecule has 1 atom stereocenters. The van der Waals surface area contributed by atoms with E-state index in [0.29, 0.717) is 0 Å². The molecular weight excluding hydrogens is 240 g/mol. The van der Waals surface area contributed by atoms with Crippen molar-refractivity contribution < 1.29 is 0 Å². The topological polar surface area (TPSA) is 35.8 Å². The van der Waals surface area contributed by atoms with E-state index in [-0.39, 0.29) is 5.54 Å². The predicted molar refractivity (Wildman–Crippen MR) is 80.9 cm³/mol. The molecule has 0 saturated heterocycles. The molecular formula is C15H28N2S. The van der Waals surface area contributed by atoms with E-state index in [2.05, 4.69) is 30.1 Å². The average molecular weight is 268 g/mol. The molecule has 1 fully saturated rings. The van der Waals surface area contributed by atoms with Crippen molar-refractivity contribution in [3.8, 4) is 6.07 Å². The molecule has 0 spiro atoms. The zero-order chi connectivity index (χ0) is 13.3. The van der Waals surface area contributed by atoms with Crippen LogP contribution in [-0.4, -0.2) is 23.1 Å². The number of rotatable bonds is 8. The van der Waals surface area contributed by atoms with Gasteiger partial charge in [0.15, 0.2) is 0 Å². The van der Waals surface area contributed by atoms with Gasteiger partial charge in [0.1, 0.15) is 5.54 Å². The first-order valence-corrected chi connectivity index (χ1v) is 8.53. The Morgan fingerprint density at radius 3 is 2.67 bits per heavy atom. The maximum absolute atomic E-state index is 9.24. The highest BCUT2D eigenvalue weighted by atomic mass is 32.2. The molecule has 0 aliphatic heterocycles. The highest BCUT2D eigenvalue weighted by Crippen LogP contribution is 2.29. The standard InChI is InChI=1S/C15H28N2S/c1-3-11-17-15(2,13-16)10-7-12-18-14-8-5-4-6-9-14/h14,17H,3-12H2,1-2H3. The van der Waals surface area contributed by atoms with Gasteiger partial charge in [-0.25, -0.2) is 0 Å². The second-order valence-electron chi connectivity index (χ2n) is 5.61. The van der Waals surface area contributed by atoms with Crippen LogP contribution in [0, 0.1) is 11.3 Å². The third-order valence-electron chi connectivity index (χ3n) is 3.74. The van der Waals surface area contributed by atoms with Crippen LogP contribution in [0.3, 0.4) is 0 Å². The van der Waals surface area contributed by atoms with Crippen LogP contribution in [0.1, 0.15) is 65.2 Å². The van der Waals surface area contributed by atoms with Crippen molar-refractivity contribution >= 4 is 11.8 Å². The molecule has 0 aromatic rings. The van der Waals surface area contributed by atoms with E-state index in [4.69, 9.17) is 0 Å². The Morgan fingerprint density at radius 2 is 2.06 bits per heavy atom. The zero-order valence-electron chi connectivity index (χ0n) is 12.0. The maximum Gasteiger partial charge on any atom is 0.103 e. The number of hydrogen-bond donors (Lipinski definition) is 1. The van der Waals surface area contributed by atoms with Gasteiger partial charge in [-0.3, -0.25) is 5.32 Å².